The molecule has 6 nitrogen and oxygen atoms in total. The van der Waals surface area contributed by atoms with Crippen LogP contribution < -0.4 is 4.74 Å². The Morgan fingerprint density at radius 3 is 2.88 bits per heavy atom. The number of rotatable bonds is 3. The van der Waals surface area contributed by atoms with Gasteiger partial charge in [0.15, 0.2) is 5.69 Å². The van der Waals surface area contributed by atoms with Gasteiger partial charge in [-0.05, 0) is 31.2 Å². The lowest BCUT2D eigenvalue weighted by Crippen LogP contribution is -1.90. The number of benzene rings is 1. The second-order valence-electron chi connectivity index (χ2n) is 5.49. The fourth-order valence-electron chi connectivity index (χ4n) is 3.05. The molecule has 4 rings (SSSR count). The Kier molecular flexibility index (Phi) is 3.21. The van der Waals surface area contributed by atoms with Gasteiger partial charge in [-0.1, -0.05) is 0 Å². The zero-order chi connectivity index (χ0) is 16.7. The number of hydrogen-bond donors (Lipinski definition) is 1. The van der Waals surface area contributed by atoms with Crippen molar-refractivity contribution in [1.29, 1.82) is 5.26 Å². The van der Waals surface area contributed by atoms with Crippen molar-refractivity contribution in [3.05, 3.63) is 42.5 Å². The monoisotopic (exact) mass is 317 g/mol. The summed E-state index contributed by atoms with van der Waals surface area (Å²) in [5, 5.41) is 11.0. The first-order valence-electron chi connectivity index (χ1n) is 7.66. The van der Waals surface area contributed by atoms with Crippen molar-refractivity contribution < 1.29 is 4.74 Å². The molecule has 0 radical (unpaired) electrons. The van der Waals surface area contributed by atoms with E-state index in [-0.39, 0.29) is 0 Å². The summed E-state index contributed by atoms with van der Waals surface area (Å²) in [6.07, 6.45) is 3.51. The van der Waals surface area contributed by atoms with Crippen molar-refractivity contribution in [2.45, 2.75) is 13.5 Å². The molecule has 3 aromatic heterocycles. The normalized spacial score (nSPS) is 11.0. The van der Waals surface area contributed by atoms with E-state index in [0.29, 0.717) is 11.3 Å². The molecule has 24 heavy (non-hydrogen) atoms. The first-order valence-corrected chi connectivity index (χ1v) is 7.66. The minimum Gasteiger partial charge on any atom is -0.497 e. The van der Waals surface area contributed by atoms with Gasteiger partial charge in [-0.2, -0.15) is 5.26 Å². The number of aryl methyl sites for hydroxylation is 1. The number of hydrogen-bond acceptors (Lipinski definition) is 4. The summed E-state index contributed by atoms with van der Waals surface area (Å²) in [7, 11) is 1.66. The summed E-state index contributed by atoms with van der Waals surface area (Å²) in [5.74, 6) is 0.811. The van der Waals surface area contributed by atoms with Crippen molar-refractivity contribution in [1.82, 2.24) is 19.5 Å². The molecule has 0 amide bonds. The summed E-state index contributed by atoms with van der Waals surface area (Å²) in [5.41, 5.74) is 4.13. The van der Waals surface area contributed by atoms with Crippen LogP contribution in [0.15, 0.2) is 36.8 Å². The highest BCUT2D eigenvalue weighted by Gasteiger charge is 2.15. The second kappa shape index (κ2) is 5.39. The zero-order valence-electron chi connectivity index (χ0n) is 13.4. The van der Waals surface area contributed by atoms with Gasteiger partial charge in [0.1, 0.15) is 23.8 Å². The fourth-order valence-corrected chi connectivity index (χ4v) is 3.05. The number of ether oxygens (including phenoxy) is 1. The number of nitrogens with zero attached hydrogens (tertiary/aromatic N) is 4. The number of methoxy groups -OCH3 is 1. The lowest BCUT2D eigenvalue weighted by atomic mass is 10.1. The summed E-state index contributed by atoms with van der Waals surface area (Å²) < 4.78 is 7.55. The number of aromatic amines is 1. The highest BCUT2D eigenvalue weighted by molar-refractivity contribution is 5.99. The fraction of sp³-hybridized carbons (Fsp3) is 0.167. The van der Waals surface area contributed by atoms with Crippen LogP contribution in [0.5, 0.6) is 5.75 Å². The van der Waals surface area contributed by atoms with Crippen molar-refractivity contribution in [2.75, 3.05) is 7.11 Å². The quantitative estimate of drug-likeness (QED) is 0.627. The summed E-state index contributed by atoms with van der Waals surface area (Å²) in [6, 6.07) is 10.1. The molecule has 6 heteroatoms. The zero-order valence-corrected chi connectivity index (χ0v) is 13.4. The van der Waals surface area contributed by atoms with E-state index in [0.717, 1.165) is 39.8 Å². The maximum Gasteiger partial charge on any atom is 0.153 e. The van der Waals surface area contributed by atoms with E-state index in [4.69, 9.17) is 4.74 Å². The minimum atomic E-state index is 0.374. The molecule has 0 saturated carbocycles. The highest BCUT2D eigenvalue weighted by Crippen LogP contribution is 2.34. The van der Waals surface area contributed by atoms with E-state index in [9.17, 15) is 5.26 Å². The molecular weight excluding hydrogens is 302 g/mol. The Bertz CT molecular complexity index is 1100. The highest BCUT2D eigenvalue weighted by atomic mass is 16.5. The number of aromatic nitrogens is 4. The Balaban J connectivity index is 2.01. The molecule has 0 bridgehead atoms. The van der Waals surface area contributed by atoms with Crippen LogP contribution in [0.1, 0.15) is 12.6 Å². The molecule has 0 fully saturated rings. The molecule has 0 aliphatic rings. The van der Waals surface area contributed by atoms with Gasteiger partial charge in [0.05, 0.1) is 12.5 Å². The minimum absolute atomic E-state index is 0.374. The van der Waals surface area contributed by atoms with Crippen LogP contribution in [0, 0.1) is 11.3 Å². The van der Waals surface area contributed by atoms with E-state index in [1.165, 1.54) is 6.33 Å². The smallest absolute Gasteiger partial charge is 0.153 e. The predicted octanol–water partition coefficient (Wildman–Crippen LogP) is 3.48. The molecule has 0 spiro atoms. The molecule has 0 aliphatic heterocycles. The van der Waals surface area contributed by atoms with Gasteiger partial charge >= 0.3 is 0 Å². The standard InChI is InChI=1S/C18H15N5O/c1-3-23-9-14(12-6-11(24-2)4-5-17(12)23)15-7-13-16(8-19)20-10-21-18(13)22-15/h4-7,9-10H,3H2,1-2H3,(H,20,21,22). The van der Waals surface area contributed by atoms with Crippen LogP contribution >= 0.6 is 0 Å². The molecular formula is C18H15N5O. The Labute approximate surface area is 138 Å². The number of nitriles is 1. The second-order valence-corrected chi connectivity index (χ2v) is 5.49. The van der Waals surface area contributed by atoms with Crippen LogP contribution in [0.4, 0.5) is 0 Å². The van der Waals surface area contributed by atoms with Crippen molar-refractivity contribution in [2.24, 2.45) is 0 Å². The van der Waals surface area contributed by atoms with Gasteiger partial charge < -0.3 is 14.3 Å². The van der Waals surface area contributed by atoms with E-state index in [2.05, 4.69) is 44.8 Å². The van der Waals surface area contributed by atoms with Crippen molar-refractivity contribution in [3.8, 4) is 23.1 Å². The number of fused-ring (bicyclic) bond motifs is 2. The Morgan fingerprint density at radius 2 is 2.12 bits per heavy atom. The summed E-state index contributed by atoms with van der Waals surface area (Å²) >= 11 is 0. The van der Waals surface area contributed by atoms with E-state index < -0.39 is 0 Å². The Morgan fingerprint density at radius 1 is 1.25 bits per heavy atom. The topological polar surface area (TPSA) is 79.5 Å². The van der Waals surface area contributed by atoms with E-state index >= 15 is 0 Å². The molecule has 0 aliphatic carbocycles. The van der Waals surface area contributed by atoms with Gasteiger partial charge in [0, 0.05) is 34.9 Å². The van der Waals surface area contributed by atoms with Crippen LogP contribution in [-0.4, -0.2) is 26.6 Å². The summed E-state index contributed by atoms with van der Waals surface area (Å²) in [4.78, 5) is 11.6. The maximum absolute atomic E-state index is 9.22. The van der Waals surface area contributed by atoms with E-state index in [1.54, 1.807) is 7.11 Å². The van der Waals surface area contributed by atoms with Crippen molar-refractivity contribution >= 4 is 21.9 Å². The lowest BCUT2D eigenvalue weighted by molar-refractivity contribution is 0.415. The molecule has 0 atom stereocenters. The van der Waals surface area contributed by atoms with Crippen molar-refractivity contribution in [3.63, 3.8) is 0 Å². The third-order valence-corrected chi connectivity index (χ3v) is 4.25. The van der Waals surface area contributed by atoms with Crippen LogP contribution in [-0.2, 0) is 6.54 Å². The third kappa shape index (κ3) is 2.02. The predicted molar refractivity (Wildman–Crippen MR) is 91.8 cm³/mol. The number of H-pyrrole nitrogens is 1. The molecule has 118 valence electrons. The average molecular weight is 317 g/mol. The van der Waals surface area contributed by atoms with Crippen LogP contribution in [0.25, 0.3) is 33.2 Å². The molecule has 3 heterocycles. The van der Waals surface area contributed by atoms with Crippen LogP contribution in [0.3, 0.4) is 0 Å². The SMILES string of the molecule is CCn1cc(-c2cc3c(C#N)ncnc3[nH]2)c2cc(OC)ccc21. The molecule has 0 saturated heterocycles. The average Bonchev–Trinajstić information content (AvgIpc) is 3.21. The number of nitrogens with one attached hydrogen (secondary N) is 1. The van der Waals surface area contributed by atoms with Crippen LogP contribution in [0.2, 0.25) is 0 Å². The lowest BCUT2D eigenvalue weighted by Gasteiger charge is -2.02. The first kappa shape index (κ1) is 14.3. The summed E-state index contributed by atoms with van der Waals surface area (Å²) in [6.45, 7) is 2.98. The molecule has 0 unspecified atom stereocenters. The maximum atomic E-state index is 9.22. The molecule has 4 aromatic rings. The molecule has 1 aromatic carbocycles. The Hall–Kier alpha value is -3.33. The van der Waals surface area contributed by atoms with Gasteiger partial charge in [0.2, 0.25) is 0 Å². The van der Waals surface area contributed by atoms with Gasteiger partial charge in [-0.3, -0.25) is 0 Å². The van der Waals surface area contributed by atoms with Gasteiger partial charge in [-0.15, -0.1) is 0 Å². The molecule has 1 N–H and O–H groups in total. The third-order valence-electron chi connectivity index (χ3n) is 4.25. The first-order chi connectivity index (χ1) is 11.7. The van der Waals surface area contributed by atoms with E-state index in [1.807, 2.05) is 18.2 Å². The van der Waals surface area contributed by atoms with Gasteiger partial charge in [0.25, 0.3) is 0 Å². The van der Waals surface area contributed by atoms with Gasteiger partial charge in [-0.25, -0.2) is 9.97 Å². The largest absolute Gasteiger partial charge is 0.497 e.